The Morgan fingerprint density at radius 2 is 1.98 bits per heavy atom. The first-order valence-corrected chi connectivity index (χ1v) is 17.0. The first-order valence-electron chi connectivity index (χ1n) is 14.8. The van der Waals surface area contributed by atoms with Crippen molar-refractivity contribution in [1.82, 2.24) is 26.0 Å². The van der Waals surface area contributed by atoms with Crippen molar-refractivity contribution in [2.24, 2.45) is 5.16 Å². The van der Waals surface area contributed by atoms with E-state index in [2.05, 4.69) is 30.4 Å². The van der Waals surface area contributed by atoms with Crippen LogP contribution in [0.1, 0.15) is 56.9 Å². The number of rotatable bonds is 12. The van der Waals surface area contributed by atoms with Crippen LogP contribution in [0.15, 0.2) is 28.7 Å². The van der Waals surface area contributed by atoms with E-state index in [4.69, 9.17) is 25.3 Å². The zero-order valence-corrected chi connectivity index (χ0v) is 28.0. The van der Waals surface area contributed by atoms with E-state index < -0.39 is 57.2 Å². The van der Waals surface area contributed by atoms with Gasteiger partial charge in [-0.1, -0.05) is 5.16 Å². The number of anilines is 1. The van der Waals surface area contributed by atoms with E-state index in [0.29, 0.717) is 28.8 Å². The molecule has 20 heteroatoms. The van der Waals surface area contributed by atoms with Crippen molar-refractivity contribution in [3.8, 4) is 5.75 Å². The zero-order chi connectivity index (χ0) is 35.2. The van der Waals surface area contributed by atoms with Crippen molar-refractivity contribution < 1.29 is 46.3 Å². The van der Waals surface area contributed by atoms with E-state index in [1.807, 2.05) is 13.1 Å². The van der Waals surface area contributed by atoms with Gasteiger partial charge in [-0.2, -0.15) is 13.5 Å². The molecule has 2 aromatic rings. The molecule has 1 saturated carbocycles. The van der Waals surface area contributed by atoms with Crippen LogP contribution < -0.4 is 26.4 Å². The van der Waals surface area contributed by atoms with E-state index in [1.54, 1.807) is 12.1 Å². The topological polar surface area (TPSA) is 268 Å². The van der Waals surface area contributed by atoms with Gasteiger partial charge in [-0.3, -0.25) is 19.6 Å². The van der Waals surface area contributed by atoms with Crippen LogP contribution in [0.3, 0.4) is 0 Å². The normalized spacial score (nSPS) is 24.6. The van der Waals surface area contributed by atoms with Crippen LogP contribution in [-0.2, 0) is 40.3 Å². The molecule has 1 saturated heterocycles. The number of carboxylic acids is 1. The molecule has 3 aliphatic rings. The summed E-state index contributed by atoms with van der Waals surface area (Å²) >= 11 is 0.965. The lowest BCUT2D eigenvalue weighted by Crippen LogP contribution is -2.76. The van der Waals surface area contributed by atoms with Gasteiger partial charge in [-0.25, -0.2) is 9.78 Å². The third-order valence-electron chi connectivity index (χ3n) is 8.66. The van der Waals surface area contributed by atoms with Gasteiger partial charge in [0.25, 0.3) is 17.4 Å². The highest BCUT2D eigenvalue weighted by molar-refractivity contribution is 7.80. The Bertz CT molecular complexity index is 1770. The molecule has 0 radical (unpaired) electrons. The summed E-state index contributed by atoms with van der Waals surface area (Å²) in [4.78, 5) is 48.3. The number of nitrogen functional groups attached to an aromatic ring is 1. The number of thiazole rings is 1. The van der Waals surface area contributed by atoms with E-state index in [-0.39, 0.29) is 29.1 Å². The lowest BCUT2D eigenvalue weighted by molar-refractivity contribution is -0.218. The minimum atomic E-state index is -5.03. The molecule has 3 heterocycles. The van der Waals surface area contributed by atoms with Crippen LogP contribution in [0, 0.1) is 5.41 Å². The van der Waals surface area contributed by atoms with E-state index in [1.165, 1.54) is 26.2 Å². The number of oxime groups is 1. The highest BCUT2D eigenvalue weighted by Gasteiger charge is 2.58. The first-order chi connectivity index (χ1) is 22.4. The minimum Gasteiger partial charge on any atom is -0.485 e. The molecule has 0 spiro atoms. The number of hydrogen-bond donors (Lipinski definition) is 7. The van der Waals surface area contributed by atoms with Crippen molar-refractivity contribution in [3.05, 3.63) is 40.4 Å². The standard InChI is InChI=1S/C28H36N8O10S2/c1-27(2)21(24(38)36(27)46-48(41,42)43)34-23(37)20(17-12-47-26(30)33-17)35-45-28(3,25(39)40)19-8-6-13-9-14(5-7-18(13)44-19)22(29)32-16-10-15(11-16)31-4/h5,7,9,12,15-16,19,21,31H,6,8,10-11H2,1-4H3,(H2,29,32)(H2,30,33)(H,34,37)(H,39,40)(H,41,42,43)/b35-20-/t15-,16+,19-,21-,28+/m1/s1. The number of β-lactam (4-membered cyclic amide) rings is 1. The number of fused-ring (bicyclic) bond motifs is 1. The van der Waals surface area contributed by atoms with Crippen molar-refractivity contribution in [2.45, 2.75) is 81.8 Å². The quantitative estimate of drug-likeness (QED) is 0.0510. The fourth-order valence-electron chi connectivity index (χ4n) is 5.59. The van der Waals surface area contributed by atoms with E-state index in [9.17, 15) is 27.9 Å². The summed E-state index contributed by atoms with van der Waals surface area (Å²) in [6.07, 6.45) is 1.38. The predicted octanol–water partition coefficient (Wildman–Crippen LogP) is 0.188. The van der Waals surface area contributed by atoms with Gasteiger partial charge >= 0.3 is 16.4 Å². The summed E-state index contributed by atoms with van der Waals surface area (Å²) < 4.78 is 41.7. The van der Waals surface area contributed by atoms with E-state index in [0.717, 1.165) is 29.7 Å². The number of nitrogens with one attached hydrogen (secondary N) is 4. The fraction of sp³-hybridized carbons (Fsp3) is 0.500. The maximum Gasteiger partial charge on any atom is 0.418 e. The Hall–Kier alpha value is -4.37. The Morgan fingerprint density at radius 1 is 1.27 bits per heavy atom. The minimum absolute atomic E-state index is 0.0593. The maximum atomic E-state index is 13.4. The van der Waals surface area contributed by atoms with E-state index >= 15 is 0 Å². The maximum absolute atomic E-state index is 13.4. The Labute approximate surface area is 279 Å². The number of benzene rings is 1. The number of nitrogens with zero attached hydrogens (tertiary/aromatic N) is 3. The number of ether oxygens (including phenoxy) is 1. The van der Waals surface area contributed by atoms with Gasteiger partial charge in [0.05, 0.1) is 5.54 Å². The third-order valence-corrected chi connectivity index (χ3v) is 9.67. The van der Waals surface area contributed by atoms with Gasteiger partial charge in [0.2, 0.25) is 0 Å². The third kappa shape index (κ3) is 6.92. The van der Waals surface area contributed by atoms with Crippen LogP contribution in [-0.4, -0.2) is 99.9 Å². The average molecular weight is 709 g/mol. The number of carboxylic acid groups (broad SMARTS) is 1. The molecule has 2 aliphatic heterocycles. The Morgan fingerprint density at radius 3 is 2.56 bits per heavy atom. The number of aromatic nitrogens is 1. The van der Waals surface area contributed by atoms with Gasteiger partial charge in [0.1, 0.15) is 23.3 Å². The van der Waals surface area contributed by atoms with Crippen LogP contribution in [0.5, 0.6) is 5.75 Å². The number of carbonyl (C=O) groups is 3. The molecule has 1 aromatic heterocycles. The Kier molecular flexibility index (Phi) is 9.40. The molecule has 18 nitrogen and oxygen atoms in total. The lowest BCUT2D eigenvalue weighted by Gasteiger charge is -2.50. The summed E-state index contributed by atoms with van der Waals surface area (Å²) in [5.41, 5.74) is 3.05. The summed E-state index contributed by atoms with van der Waals surface area (Å²) in [5, 5.41) is 33.3. The van der Waals surface area contributed by atoms with Gasteiger partial charge in [-0.15, -0.1) is 15.6 Å². The zero-order valence-electron chi connectivity index (χ0n) is 26.3. The highest BCUT2D eigenvalue weighted by atomic mass is 32.3. The van der Waals surface area contributed by atoms with Gasteiger partial charge < -0.3 is 36.4 Å². The van der Waals surface area contributed by atoms with Crippen LogP contribution in [0.2, 0.25) is 0 Å². The van der Waals surface area contributed by atoms with Crippen molar-refractivity contribution in [1.29, 1.82) is 5.41 Å². The average Bonchev–Trinajstić information content (AvgIpc) is 3.44. The smallest absolute Gasteiger partial charge is 0.418 e. The highest BCUT2D eigenvalue weighted by Crippen LogP contribution is 2.35. The predicted molar refractivity (Wildman–Crippen MR) is 171 cm³/mol. The summed E-state index contributed by atoms with van der Waals surface area (Å²) in [6.45, 7) is 3.98. The summed E-state index contributed by atoms with van der Waals surface area (Å²) in [6, 6.07) is 4.51. The number of amidine groups is 1. The monoisotopic (exact) mass is 708 g/mol. The van der Waals surface area contributed by atoms with Crippen molar-refractivity contribution in [2.75, 3.05) is 12.8 Å². The van der Waals surface area contributed by atoms with Crippen LogP contribution >= 0.6 is 11.3 Å². The Balaban J connectivity index is 1.32. The van der Waals surface area contributed by atoms with Gasteiger partial charge in [0, 0.05) is 23.0 Å². The molecule has 2 fully saturated rings. The number of aryl methyl sites for hydroxylation is 1. The molecule has 260 valence electrons. The molecule has 2 amide bonds. The molecular weight excluding hydrogens is 672 g/mol. The largest absolute Gasteiger partial charge is 0.485 e. The number of aliphatic carboxylic acids is 1. The second kappa shape index (κ2) is 12.9. The number of hydrogen-bond acceptors (Lipinski definition) is 14. The molecule has 0 bridgehead atoms. The number of amides is 2. The summed E-state index contributed by atoms with van der Waals surface area (Å²) in [7, 11) is -3.12. The van der Waals surface area contributed by atoms with Gasteiger partial charge in [-0.05, 0) is 77.3 Å². The molecule has 0 unspecified atom stereocenters. The SMILES string of the molecule is CN[C@H]1C[C@@H](NC(=N)c2ccc3c(c2)CC[C@H]([C@](C)(O/N=C(\C(=O)N[C@@H]2C(=O)N(OS(=O)(=O)O)C2(C)C)c2csc(N)n2)C(=O)O)O3)C1. The number of nitrogens with two attached hydrogens (primary N) is 1. The molecule has 8 N–H and O–H groups in total. The number of carbonyl (C=O) groups excluding carboxylic acids is 2. The van der Waals surface area contributed by atoms with Crippen LogP contribution in [0.4, 0.5) is 5.13 Å². The first kappa shape index (κ1) is 35.0. The molecule has 1 aliphatic carbocycles. The molecule has 5 rings (SSSR count). The fourth-order valence-corrected chi connectivity index (χ4v) is 6.59. The molecule has 48 heavy (non-hydrogen) atoms. The lowest BCUT2D eigenvalue weighted by atomic mass is 9.84. The van der Waals surface area contributed by atoms with Crippen LogP contribution in [0.25, 0.3) is 0 Å². The van der Waals surface area contributed by atoms with Crippen molar-refractivity contribution in [3.63, 3.8) is 0 Å². The van der Waals surface area contributed by atoms with Crippen molar-refractivity contribution >= 4 is 56.2 Å². The second-order valence-electron chi connectivity index (χ2n) is 12.4. The second-order valence-corrected chi connectivity index (χ2v) is 14.2. The molecule has 1 aromatic carbocycles. The molecular formula is C28H36N8O10S2. The summed E-state index contributed by atoms with van der Waals surface area (Å²) in [5.74, 6) is -2.75. The van der Waals surface area contributed by atoms with Gasteiger partial charge in [0.15, 0.2) is 16.9 Å². The molecule has 3 atom stereocenters. The number of hydroxylamine groups is 2.